The molecule has 3 N–H and O–H groups in total. The van der Waals surface area contributed by atoms with Gasteiger partial charge in [0.15, 0.2) is 0 Å². The molecule has 9 heteroatoms. The predicted octanol–water partition coefficient (Wildman–Crippen LogP) is 6.58. The fourth-order valence-electron chi connectivity index (χ4n) is 4.57. The van der Waals surface area contributed by atoms with Crippen molar-refractivity contribution in [3.8, 4) is 0 Å². The minimum Gasteiger partial charge on any atom is -0.343 e. The molecule has 0 radical (unpaired) electrons. The minimum absolute atomic E-state index is 0.260. The maximum atomic E-state index is 14.1. The lowest BCUT2D eigenvalue weighted by Gasteiger charge is -2.30. The lowest BCUT2D eigenvalue weighted by atomic mass is 9.94. The summed E-state index contributed by atoms with van der Waals surface area (Å²) in [6.07, 6.45) is 1.46. The molecule has 0 unspecified atom stereocenters. The molecule has 3 aromatic carbocycles. The third-order valence-electron chi connectivity index (χ3n) is 6.43. The lowest BCUT2D eigenvalue weighted by Crippen LogP contribution is -2.32. The summed E-state index contributed by atoms with van der Waals surface area (Å²) in [6.45, 7) is 5.70. The fraction of sp³-hybridized carbons (Fsp3) is 0.138. The molecule has 0 bridgehead atoms. The number of carbonyl (C=O) groups excluding carboxylic acids is 2. The van der Waals surface area contributed by atoms with Crippen LogP contribution in [-0.2, 0) is 4.79 Å². The van der Waals surface area contributed by atoms with E-state index in [4.69, 9.17) is 0 Å². The van der Waals surface area contributed by atoms with Gasteiger partial charge in [-0.05, 0) is 78.2 Å². The number of amides is 2. The number of rotatable bonds is 5. The van der Waals surface area contributed by atoms with Crippen molar-refractivity contribution in [1.82, 2.24) is 9.78 Å². The zero-order valence-corrected chi connectivity index (χ0v) is 22.6. The van der Waals surface area contributed by atoms with Crippen molar-refractivity contribution >= 4 is 44.9 Å². The highest BCUT2D eigenvalue weighted by Crippen LogP contribution is 2.39. The normalized spacial score (nSPS) is 14.5. The summed E-state index contributed by atoms with van der Waals surface area (Å²) in [5.41, 5.74) is 5.25. The summed E-state index contributed by atoms with van der Waals surface area (Å²) in [7, 11) is 0. The Kier molecular flexibility index (Phi) is 6.86. The zero-order valence-electron chi connectivity index (χ0n) is 21.0. The second kappa shape index (κ2) is 10.3. The quantitative estimate of drug-likeness (QED) is 0.251. The Bertz CT molecular complexity index is 1600. The Morgan fingerprint density at radius 2 is 1.74 bits per heavy atom. The Morgan fingerprint density at radius 1 is 0.974 bits per heavy atom. The molecule has 0 saturated carbocycles. The van der Waals surface area contributed by atoms with Gasteiger partial charge in [-0.2, -0.15) is 5.10 Å². The molecular weight excluding hydrogens is 549 g/mol. The highest BCUT2D eigenvalue weighted by molar-refractivity contribution is 9.10. The first kappa shape index (κ1) is 25.4. The second-order valence-electron chi connectivity index (χ2n) is 9.18. The highest BCUT2D eigenvalue weighted by atomic mass is 79.9. The molecule has 192 valence electrons. The zero-order chi connectivity index (χ0) is 27.0. The smallest absolute Gasteiger partial charge is 0.261 e. The van der Waals surface area contributed by atoms with Gasteiger partial charge in [-0.1, -0.05) is 42.0 Å². The molecule has 1 aliphatic rings. The van der Waals surface area contributed by atoms with E-state index in [0.717, 1.165) is 11.1 Å². The number of aryl methyl sites for hydroxylation is 2. The summed E-state index contributed by atoms with van der Waals surface area (Å²) >= 11 is 3.26. The number of hydrogen-bond acceptors (Lipinski definition) is 4. The number of fused-ring (bicyclic) bond motifs is 1. The van der Waals surface area contributed by atoms with Gasteiger partial charge in [0.1, 0.15) is 23.2 Å². The summed E-state index contributed by atoms with van der Waals surface area (Å²) in [6, 6.07) is 18.8. The van der Waals surface area contributed by atoms with E-state index in [9.17, 15) is 14.0 Å². The van der Waals surface area contributed by atoms with Crippen LogP contribution in [0.5, 0.6) is 0 Å². The summed E-state index contributed by atoms with van der Waals surface area (Å²) in [4.78, 5) is 26.9. The number of nitrogens with zero attached hydrogens (tertiary/aromatic N) is 2. The molecular formula is C29H25BrFN5O2. The molecule has 0 aliphatic carbocycles. The first-order valence-electron chi connectivity index (χ1n) is 12.0. The number of benzene rings is 3. The van der Waals surface area contributed by atoms with Gasteiger partial charge in [0.2, 0.25) is 0 Å². The van der Waals surface area contributed by atoms with Crippen molar-refractivity contribution in [3.63, 3.8) is 0 Å². The molecule has 5 rings (SSSR count). The number of aromatic nitrogens is 2. The summed E-state index contributed by atoms with van der Waals surface area (Å²) in [5, 5.41) is 13.6. The Morgan fingerprint density at radius 3 is 2.45 bits per heavy atom. The molecule has 0 fully saturated rings. The standard InChI is InChI=1S/C29H25BrFN5O2/c1-16-9-12-24(17(2)13-16)35-29(38)25-18(3)33-27-21(28(37)34-20-7-5-4-6-8-20)15-32-36(27)26(25)19-10-11-23(31)22(30)14-19/h4-15,26,33H,1-3H3,(H,34,37)(H,35,38)/t26-/m1/s1. The molecule has 7 nitrogen and oxygen atoms in total. The van der Waals surface area contributed by atoms with E-state index in [1.165, 1.54) is 12.3 Å². The van der Waals surface area contributed by atoms with E-state index in [0.29, 0.717) is 39.6 Å². The Labute approximate surface area is 227 Å². The van der Waals surface area contributed by atoms with E-state index in [2.05, 4.69) is 37.0 Å². The maximum absolute atomic E-state index is 14.1. The average Bonchev–Trinajstić information content (AvgIpc) is 3.30. The van der Waals surface area contributed by atoms with Crippen LogP contribution in [0.25, 0.3) is 0 Å². The van der Waals surface area contributed by atoms with Crippen LogP contribution in [0.15, 0.2) is 88.7 Å². The summed E-state index contributed by atoms with van der Waals surface area (Å²) in [5.74, 6) is -0.665. The fourth-order valence-corrected chi connectivity index (χ4v) is 4.97. The SMILES string of the molecule is CC1=C(C(=O)Nc2ccc(C)cc2C)[C@@H](c2ccc(F)c(Br)c2)n2ncc(C(=O)Nc3ccccc3)c2N1. The number of carbonyl (C=O) groups is 2. The lowest BCUT2D eigenvalue weighted by molar-refractivity contribution is -0.113. The first-order chi connectivity index (χ1) is 18.2. The molecule has 4 aromatic rings. The van der Waals surface area contributed by atoms with Gasteiger partial charge in [-0.3, -0.25) is 9.59 Å². The van der Waals surface area contributed by atoms with Crippen LogP contribution in [-0.4, -0.2) is 21.6 Å². The molecule has 0 spiro atoms. The van der Waals surface area contributed by atoms with Gasteiger partial charge in [-0.15, -0.1) is 0 Å². The minimum atomic E-state index is -0.716. The van der Waals surface area contributed by atoms with E-state index in [1.807, 2.05) is 50.2 Å². The van der Waals surface area contributed by atoms with Crippen molar-refractivity contribution < 1.29 is 14.0 Å². The van der Waals surface area contributed by atoms with E-state index < -0.39 is 11.9 Å². The molecule has 2 amide bonds. The third-order valence-corrected chi connectivity index (χ3v) is 7.04. The van der Waals surface area contributed by atoms with Crippen LogP contribution >= 0.6 is 15.9 Å². The van der Waals surface area contributed by atoms with Gasteiger partial charge in [0.05, 0.1) is 16.2 Å². The Balaban J connectivity index is 1.57. The number of nitrogens with one attached hydrogen (secondary N) is 3. The van der Waals surface area contributed by atoms with Crippen LogP contribution in [0.2, 0.25) is 0 Å². The van der Waals surface area contributed by atoms with Crippen molar-refractivity contribution in [2.24, 2.45) is 0 Å². The van der Waals surface area contributed by atoms with Crippen molar-refractivity contribution in [2.45, 2.75) is 26.8 Å². The first-order valence-corrected chi connectivity index (χ1v) is 12.8. The average molecular weight is 574 g/mol. The van der Waals surface area contributed by atoms with Crippen molar-refractivity contribution in [2.75, 3.05) is 16.0 Å². The van der Waals surface area contributed by atoms with Gasteiger partial charge in [-0.25, -0.2) is 9.07 Å². The van der Waals surface area contributed by atoms with E-state index in [-0.39, 0.29) is 16.3 Å². The van der Waals surface area contributed by atoms with Gasteiger partial charge < -0.3 is 16.0 Å². The summed E-state index contributed by atoms with van der Waals surface area (Å²) < 4.78 is 16.0. The van der Waals surface area contributed by atoms with Crippen LogP contribution in [0.1, 0.15) is 40.0 Å². The molecule has 1 aromatic heterocycles. The van der Waals surface area contributed by atoms with E-state index in [1.54, 1.807) is 35.9 Å². The number of anilines is 3. The van der Waals surface area contributed by atoms with Crippen LogP contribution in [0.4, 0.5) is 21.6 Å². The van der Waals surface area contributed by atoms with Crippen LogP contribution in [0.3, 0.4) is 0 Å². The van der Waals surface area contributed by atoms with Crippen LogP contribution < -0.4 is 16.0 Å². The van der Waals surface area contributed by atoms with Crippen molar-refractivity contribution in [1.29, 1.82) is 0 Å². The molecule has 0 saturated heterocycles. The number of hydrogen-bond donors (Lipinski definition) is 3. The molecule has 1 atom stereocenters. The number of para-hydroxylation sites is 1. The number of halogens is 2. The topological polar surface area (TPSA) is 88.0 Å². The third kappa shape index (κ3) is 4.84. The van der Waals surface area contributed by atoms with E-state index >= 15 is 0 Å². The maximum Gasteiger partial charge on any atom is 0.261 e. The van der Waals surface area contributed by atoms with Gasteiger partial charge >= 0.3 is 0 Å². The van der Waals surface area contributed by atoms with Gasteiger partial charge in [0, 0.05) is 17.1 Å². The monoisotopic (exact) mass is 573 g/mol. The second-order valence-corrected chi connectivity index (χ2v) is 10.0. The molecule has 38 heavy (non-hydrogen) atoms. The highest BCUT2D eigenvalue weighted by Gasteiger charge is 2.35. The van der Waals surface area contributed by atoms with Gasteiger partial charge in [0.25, 0.3) is 11.8 Å². The predicted molar refractivity (Wildman–Crippen MR) is 150 cm³/mol. The Hall–Kier alpha value is -4.24. The van der Waals surface area contributed by atoms with Crippen molar-refractivity contribution in [3.05, 3.63) is 117 Å². The molecule has 1 aliphatic heterocycles. The molecule has 2 heterocycles. The largest absolute Gasteiger partial charge is 0.343 e. The van der Waals surface area contributed by atoms with Crippen LogP contribution in [0, 0.1) is 19.7 Å². The number of allylic oxidation sites excluding steroid dienone is 1.